The molecule has 0 unspecified atom stereocenters. The molecular formula is C21H28N4. The summed E-state index contributed by atoms with van der Waals surface area (Å²) in [4.78, 5) is 16.0. The summed E-state index contributed by atoms with van der Waals surface area (Å²) < 4.78 is 0. The lowest BCUT2D eigenvalue weighted by atomic mass is 9.88. The van der Waals surface area contributed by atoms with Gasteiger partial charge in [0.1, 0.15) is 5.82 Å². The number of rotatable bonds is 4. The van der Waals surface area contributed by atoms with Crippen LogP contribution in [0.25, 0.3) is 0 Å². The van der Waals surface area contributed by atoms with Gasteiger partial charge in [0.15, 0.2) is 0 Å². The van der Waals surface area contributed by atoms with Crippen LogP contribution in [0.2, 0.25) is 0 Å². The van der Waals surface area contributed by atoms with Gasteiger partial charge in [-0.05, 0) is 62.4 Å². The Morgan fingerprint density at radius 2 is 1.52 bits per heavy atom. The van der Waals surface area contributed by atoms with Crippen molar-refractivity contribution in [1.82, 2.24) is 19.9 Å². The van der Waals surface area contributed by atoms with Crippen LogP contribution in [0.4, 0.5) is 0 Å². The summed E-state index contributed by atoms with van der Waals surface area (Å²) in [6, 6.07) is 4.33. The highest BCUT2D eigenvalue weighted by atomic mass is 15.1. The zero-order chi connectivity index (χ0) is 16.9. The lowest BCUT2D eigenvalue weighted by Crippen LogP contribution is -2.32. The van der Waals surface area contributed by atoms with E-state index < -0.39 is 0 Å². The number of aromatic nitrogens is 3. The standard InChI is InChI=1S/C21H28N4/c1-2-4-20(5-3-1)21-23-14-17(15-24-21)16-25-12-8-19(9-13-25)18-6-10-22-11-7-18/h6-7,10-11,14-15,19-20H,1-5,8-9,12-13,16H2. The zero-order valence-corrected chi connectivity index (χ0v) is 15.0. The fraction of sp³-hybridized carbons (Fsp3) is 0.571. The van der Waals surface area contributed by atoms with E-state index in [0.717, 1.165) is 25.5 Å². The topological polar surface area (TPSA) is 41.9 Å². The molecule has 0 atom stereocenters. The molecule has 2 fully saturated rings. The van der Waals surface area contributed by atoms with Gasteiger partial charge in [-0.15, -0.1) is 0 Å². The van der Waals surface area contributed by atoms with Crippen LogP contribution < -0.4 is 0 Å². The molecule has 3 heterocycles. The number of hydrogen-bond acceptors (Lipinski definition) is 4. The third-order valence-corrected chi connectivity index (χ3v) is 5.87. The number of hydrogen-bond donors (Lipinski definition) is 0. The fourth-order valence-electron chi connectivity index (χ4n) is 4.34. The first-order valence-electron chi connectivity index (χ1n) is 9.81. The van der Waals surface area contributed by atoms with Gasteiger partial charge in [0.25, 0.3) is 0 Å². The van der Waals surface area contributed by atoms with Crippen molar-refractivity contribution in [3.8, 4) is 0 Å². The second-order valence-corrected chi connectivity index (χ2v) is 7.62. The van der Waals surface area contributed by atoms with Crippen molar-refractivity contribution in [1.29, 1.82) is 0 Å². The van der Waals surface area contributed by atoms with Crippen molar-refractivity contribution < 1.29 is 0 Å². The van der Waals surface area contributed by atoms with Crippen LogP contribution in [0.3, 0.4) is 0 Å². The first-order chi connectivity index (χ1) is 12.4. The van der Waals surface area contributed by atoms with Crippen LogP contribution in [0.1, 0.15) is 73.7 Å². The Morgan fingerprint density at radius 1 is 0.840 bits per heavy atom. The van der Waals surface area contributed by atoms with Gasteiger partial charge in [0.05, 0.1) is 0 Å². The summed E-state index contributed by atoms with van der Waals surface area (Å²) in [5.41, 5.74) is 2.69. The minimum absolute atomic E-state index is 0.596. The molecule has 0 radical (unpaired) electrons. The first-order valence-corrected chi connectivity index (χ1v) is 9.81. The number of nitrogens with zero attached hydrogens (tertiary/aromatic N) is 4. The predicted octanol–water partition coefficient (Wildman–Crippen LogP) is 4.30. The van der Waals surface area contributed by atoms with E-state index >= 15 is 0 Å². The molecule has 1 saturated heterocycles. The van der Waals surface area contributed by atoms with Crippen molar-refractivity contribution in [3.63, 3.8) is 0 Å². The minimum atomic E-state index is 0.596. The summed E-state index contributed by atoms with van der Waals surface area (Å²) in [5.74, 6) is 2.35. The molecule has 4 rings (SSSR count). The SMILES string of the molecule is c1cc(C2CCN(Cc3cnc(C4CCCCC4)nc3)CC2)ccn1. The summed E-state index contributed by atoms with van der Waals surface area (Å²) in [7, 11) is 0. The maximum atomic E-state index is 4.69. The van der Waals surface area contributed by atoms with Crippen molar-refractivity contribution in [2.75, 3.05) is 13.1 Å². The average molecular weight is 336 g/mol. The second kappa shape index (κ2) is 8.05. The molecule has 4 nitrogen and oxygen atoms in total. The molecule has 25 heavy (non-hydrogen) atoms. The Morgan fingerprint density at radius 3 is 2.20 bits per heavy atom. The highest BCUT2D eigenvalue weighted by Gasteiger charge is 2.21. The van der Waals surface area contributed by atoms with Crippen LogP contribution in [-0.4, -0.2) is 32.9 Å². The van der Waals surface area contributed by atoms with Crippen LogP contribution in [0.5, 0.6) is 0 Å². The van der Waals surface area contributed by atoms with E-state index in [0.29, 0.717) is 11.8 Å². The van der Waals surface area contributed by atoms with Gasteiger partial charge < -0.3 is 0 Å². The highest BCUT2D eigenvalue weighted by Crippen LogP contribution is 2.31. The molecule has 0 spiro atoms. The van der Waals surface area contributed by atoms with Gasteiger partial charge in [-0.25, -0.2) is 9.97 Å². The molecule has 0 aromatic carbocycles. The van der Waals surface area contributed by atoms with E-state index in [-0.39, 0.29) is 0 Å². The summed E-state index contributed by atoms with van der Waals surface area (Å²) >= 11 is 0. The van der Waals surface area contributed by atoms with E-state index in [1.54, 1.807) is 0 Å². The van der Waals surface area contributed by atoms with Gasteiger partial charge in [-0.2, -0.15) is 0 Å². The molecule has 132 valence electrons. The lowest BCUT2D eigenvalue weighted by molar-refractivity contribution is 0.204. The number of piperidine rings is 1. The summed E-state index contributed by atoms with van der Waals surface area (Å²) in [6.07, 6.45) is 17.0. The van der Waals surface area contributed by atoms with Crippen LogP contribution in [0.15, 0.2) is 36.9 Å². The smallest absolute Gasteiger partial charge is 0.131 e. The first kappa shape index (κ1) is 16.6. The monoisotopic (exact) mass is 336 g/mol. The van der Waals surface area contributed by atoms with E-state index in [2.05, 4.69) is 44.4 Å². The molecule has 1 saturated carbocycles. The van der Waals surface area contributed by atoms with Crippen molar-refractivity contribution in [2.24, 2.45) is 0 Å². The van der Waals surface area contributed by atoms with Crippen molar-refractivity contribution in [3.05, 3.63) is 53.9 Å². The molecule has 0 bridgehead atoms. The van der Waals surface area contributed by atoms with E-state index in [4.69, 9.17) is 0 Å². The van der Waals surface area contributed by atoms with Crippen LogP contribution in [0, 0.1) is 0 Å². The molecule has 2 aliphatic rings. The van der Waals surface area contributed by atoms with Gasteiger partial charge in [-0.3, -0.25) is 9.88 Å². The summed E-state index contributed by atoms with van der Waals surface area (Å²) in [5, 5.41) is 0. The normalized spacial score (nSPS) is 20.6. The Balaban J connectivity index is 1.29. The highest BCUT2D eigenvalue weighted by molar-refractivity contribution is 5.16. The Labute approximate surface area is 150 Å². The fourth-order valence-corrected chi connectivity index (χ4v) is 4.34. The zero-order valence-electron chi connectivity index (χ0n) is 15.0. The van der Waals surface area contributed by atoms with Gasteiger partial charge >= 0.3 is 0 Å². The van der Waals surface area contributed by atoms with E-state index in [1.807, 2.05) is 12.4 Å². The second-order valence-electron chi connectivity index (χ2n) is 7.62. The number of likely N-dealkylation sites (tertiary alicyclic amines) is 1. The maximum Gasteiger partial charge on any atom is 0.131 e. The van der Waals surface area contributed by atoms with Crippen molar-refractivity contribution in [2.45, 2.75) is 63.3 Å². The third kappa shape index (κ3) is 4.24. The predicted molar refractivity (Wildman–Crippen MR) is 99.3 cm³/mol. The van der Waals surface area contributed by atoms with E-state index in [9.17, 15) is 0 Å². The van der Waals surface area contributed by atoms with Crippen LogP contribution in [-0.2, 0) is 6.54 Å². The average Bonchev–Trinajstić information content (AvgIpc) is 2.71. The molecule has 1 aliphatic heterocycles. The molecule has 0 N–H and O–H groups in total. The molecular weight excluding hydrogens is 308 g/mol. The largest absolute Gasteiger partial charge is 0.299 e. The van der Waals surface area contributed by atoms with E-state index in [1.165, 1.54) is 56.1 Å². The molecule has 2 aromatic heterocycles. The molecule has 1 aliphatic carbocycles. The summed E-state index contributed by atoms with van der Waals surface area (Å²) in [6.45, 7) is 3.28. The Bertz CT molecular complexity index is 641. The van der Waals surface area contributed by atoms with Gasteiger partial charge in [0.2, 0.25) is 0 Å². The minimum Gasteiger partial charge on any atom is -0.299 e. The van der Waals surface area contributed by atoms with Gasteiger partial charge in [0, 0.05) is 42.8 Å². The van der Waals surface area contributed by atoms with Crippen LogP contribution >= 0.6 is 0 Å². The Kier molecular flexibility index (Phi) is 5.36. The molecule has 4 heteroatoms. The van der Waals surface area contributed by atoms with Crippen molar-refractivity contribution >= 4 is 0 Å². The Hall–Kier alpha value is -1.81. The number of pyridine rings is 1. The third-order valence-electron chi connectivity index (χ3n) is 5.87. The molecule has 0 amide bonds. The van der Waals surface area contributed by atoms with Gasteiger partial charge in [-0.1, -0.05) is 19.3 Å². The lowest BCUT2D eigenvalue weighted by Gasteiger charge is -2.32. The quantitative estimate of drug-likeness (QED) is 0.835. The maximum absolute atomic E-state index is 4.69. The molecule has 2 aromatic rings.